The third-order valence-electron chi connectivity index (χ3n) is 5.19. The Morgan fingerprint density at radius 2 is 1.19 bits per heavy atom. The highest BCUT2D eigenvalue weighted by Crippen LogP contribution is 2.20. The number of ether oxygens (including phenoxy) is 4. The predicted octanol–water partition coefficient (Wildman–Crippen LogP) is 5.14. The predicted molar refractivity (Wildman–Crippen MR) is 173 cm³/mol. The molecule has 0 saturated heterocycles. The molecule has 2 aromatic rings. The average Bonchev–Trinajstić information content (AvgIpc) is 2.89. The number of carbonyl (C=O) groups excluding carboxylic acids is 4. The van der Waals surface area contributed by atoms with Gasteiger partial charge >= 0.3 is 34.5 Å². The van der Waals surface area contributed by atoms with Crippen LogP contribution < -0.4 is 20.1 Å². The second-order valence-corrected chi connectivity index (χ2v) is 14.8. The zero-order chi connectivity index (χ0) is 35.8. The molecule has 0 unspecified atom stereocenters. The molecule has 15 nitrogen and oxygen atoms in total. The summed E-state index contributed by atoms with van der Waals surface area (Å²) in [6.45, 7) is 14.6. The molecule has 258 valence electrons. The highest BCUT2D eigenvalue weighted by atomic mass is 32.2. The summed E-state index contributed by atoms with van der Waals surface area (Å²) in [5, 5.41) is 4.74. The molecule has 0 bridgehead atoms. The molecule has 0 spiro atoms. The Morgan fingerprint density at radius 3 is 1.62 bits per heavy atom. The van der Waals surface area contributed by atoms with Gasteiger partial charge in [0, 0.05) is 7.05 Å². The van der Waals surface area contributed by atoms with E-state index in [4.69, 9.17) is 18.9 Å². The molecule has 0 heterocycles. The lowest BCUT2D eigenvalue weighted by atomic mass is 10.2. The largest absolute Gasteiger partial charge is 0.444 e. The molecule has 2 rings (SSSR count). The van der Waals surface area contributed by atoms with Crippen molar-refractivity contribution in [1.82, 2.24) is 19.7 Å². The number of alkyl carbamates (subject to hydrolysis) is 2. The van der Waals surface area contributed by atoms with Gasteiger partial charge in [0.1, 0.15) is 22.6 Å². The van der Waals surface area contributed by atoms with Crippen molar-refractivity contribution in [2.24, 2.45) is 4.99 Å². The maximum atomic E-state index is 12.8. The summed E-state index contributed by atoms with van der Waals surface area (Å²) < 4.78 is 48.7. The van der Waals surface area contributed by atoms with Gasteiger partial charge in [-0.25, -0.2) is 28.9 Å². The van der Waals surface area contributed by atoms with Crippen molar-refractivity contribution < 1.29 is 46.5 Å². The highest BCUT2D eigenvalue weighted by Gasteiger charge is 2.31. The molecule has 0 aliphatic rings. The van der Waals surface area contributed by atoms with Gasteiger partial charge in [-0.1, -0.05) is 12.1 Å². The first-order valence-corrected chi connectivity index (χ1v) is 15.8. The Balaban J connectivity index is 2.18. The number of carbonyl (C=O) groups is 4. The number of amides is 3. The number of aliphatic imine (C=N–C) groups is 1. The van der Waals surface area contributed by atoms with Crippen molar-refractivity contribution in [2.75, 3.05) is 7.05 Å². The van der Waals surface area contributed by atoms with Crippen LogP contribution in [0.4, 0.5) is 20.1 Å². The Morgan fingerprint density at radius 1 is 0.723 bits per heavy atom. The van der Waals surface area contributed by atoms with E-state index in [-0.39, 0.29) is 29.5 Å². The fourth-order valence-corrected chi connectivity index (χ4v) is 4.13. The molecule has 0 aliphatic heterocycles. The van der Waals surface area contributed by atoms with Gasteiger partial charge in [-0.15, -0.1) is 0 Å². The second kappa shape index (κ2) is 15.3. The van der Waals surface area contributed by atoms with Crippen LogP contribution in [-0.4, -0.2) is 66.8 Å². The molecular weight excluding hydrogens is 634 g/mol. The standard InChI is InChI=1S/C31H43N5O10S/c1-29(2,3)44-26(38)34-25(35-27(39)45-30(4,5)6)33-22-15-13-21(14-16-22)24(37)43-23-17-11-20(12-18-23)19-36(47(41,42)32-10)28(40)46-31(7,8)9/h11-18,32H,19H2,1-10H3,(H2,33,34,35,38,39). The first-order chi connectivity index (χ1) is 21.5. The molecule has 0 atom stereocenters. The molecular formula is C31H43N5O10S. The number of guanidine groups is 1. The molecule has 16 heteroatoms. The molecule has 0 aliphatic carbocycles. The molecule has 0 fully saturated rings. The molecule has 47 heavy (non-hydrogen) atoms. The second-order valence-electron chi connectivity index (χ2n) is 13.0. The van der Waals surface area contributed by atoms with Crippen LogP contribution in [0.5, 0.6) is 5.75 Å². The monoisotopic (exact) mass is 677 g/mol. The Hall–Kier alpha value is -4.70. The number of benzene rings is 2. The van der Waals surface area contributed by atoms with Crippen LogP contribution in [0.2, 0.25) is 0 Å². The quantitative estimate of drug-likeness (QED) is 0.116. The van der Waals surface area contributed by atoms with E-state index in [0.29, 0.717) is 9.87 Å². The van der Waals surface area contributed by atoms with Crippen LogP contribution in [0.25, 0.3) is 0 Å². The van der Waals surface area contributed by atoms with Crippen LogP contribution >= 0.6 is 0 Å². The normalized spacial score (nSPS) is 11.9. The summed E-state index contributed by atoms with van der Waals surface area (Å²) >= 11 is 0. The molecule has 0 aromatic heterocycles. The Kier molecular flexibility index (Phi) is 12.5. The maximum absolute atomic E-state index is 12.8. The number of hydrogen-bond acceptors (Lipinski definition) is 11. The van der Waals surface area contributed by atoms with Gasteiger partial charge in [0.2, 0.25) is 5.96 Å². The number of rotatable bonds is 7. The van der Waals surface area contributed by atoms with Crippen LogP contribution in [0.1, 0.15) is 78.2 Å². The lowest BCUT2D eigenvalue weighted by Crippen LogP contribution is -2.47. The topological polar surface area (TPSA) is 191 Å². The summed E-state index contributed by atoms with van der Waals surface area (Å²) in [5.74, 6) is -0.816. The van der Waals surface area contributed by atoms with E-state index in [1.165, 1.54) is 55.6 Å². The van der Waals surface area contributed by atoms with Crippen LogP contribution in [-0.2, 0) is 31.0 Å². The average molecular weight is 678 g/mol. The third-order valence-corrected chi connectivity index (χ3v) is 6.56. The number of nitrogens with one attached hydrogen (secondary N) is 3. The van der Waals surface area contributed by atoms with Crippen molar-refractivity contribution in [2.45, 2.75) is 85.7 Å². The van der Waals surface area contributed by atoms with Gasteiger partial charge in [0.15, 0.2) is 0 Å². The van der Waals surface area contributed by atoms with Crippen LogP contribution in [0, 0.1) is 0 Å². The van der Waals surface area contributed by atoms with Crippen LogP contribution in [0.15, 0.2) is 53.5 Å². The fraction of sp³-hybridized carbons (Fsp3) is 0.452. The highest BCUT2D eigenvalue weighted by molar-refractivity contribution is 7.87. The number of esters is 1. The summed E-state index contributed by atoms with van der Waals surface area (Å²) in [6, 6.07) is 11.7. The van der Waals surface area contributed by atoms with Gasteiger partial charge < -0.3 is 18.9 Å². The van der Waals surface area contributed by atoms with E-state index in [1.807, 2.05) is 0 Å². The van der Waals surface area contributed by atoms with E-state index in [2.05, 4.69) is 20.3 Å². The fourth-order valence-electron chi connectivity index (χ4n) is 3.35. The smallest absolute Gasteiger partial charge is 0.425 e. The minimum atomic E-state index is -4.17. The summed E-state index contributed by atoms with van der Waals surface area (Å²) in [7, 11) is -3.00. The van der Waals surface area contributed by atoms with Crippen molar-refractivity contribution in [3.63, 3.8) is 0 Å². The van der Waals surface area contributed by atoms with E-state index in [9.17, 15) is 27.6 Å². The summed E-state index contributed by atoms with van der Waals surface area (Å²) in [4.78, 5) is 54.3. The molecule has 3 N–H and O–H groups in total. The van der Waals surface area contributed by atoms with Crippen molar-refractivity contribution >= 4 is 46.1 Å². The van der Waals surface area contributed by atoms with E-state index >= 15 is 0 Å². The SMILES string of the molecule is CNS(=O)(=O)N(Cc1ccc(OC(=O)c2ccc(N=C(NC(=O)OC(C)(C)C)NC(=O)OC(C)(C)C)cc2)cc1)C(=O)OC(C)(C)C. The van der Waals surface area contributed by atoms with Gasteiger partial charge in [-0.2, -0.15) is 12.7 Å². The Labute approximate surface area is 275 Å². The van der Waals surface area contributed by atoms with Gasteiger partial charge in [-0.3, -0.25) is 10.6 Å². The van der Waals surface area contributed by atoms with E-state index in [0.717, 1.165) is 0 Å². The number of nitrogens with zero attached hydrogens (tertiary/aromatic N) is 2. The van der Waals surface area contributed by atoms with Crippen molar-refractivity contribution in [3.8, 4) is 5.75 Å². The molecule has 0 saturated carbocycles. The van der Waals surface area contributed by atoms with Gasteiger partial charge in [0.05, 0.1) is 17.8 Å². The van der Waals surface area contributed by atoms with Gasteiger partial charge in [0.25, 0.3) is 0 Å². The zero-order valence-corrected chi connectivity index (χ0v) is 29.0. The first-order valence-electron chi connectivity index (χ1n) is 14.4. The minimum absolute atomic E-state index is 0.158. The lowest BCUT2D eigenvalue weighted by Gasteiger charge is -2.26. The number of hydrogen-bond donors (Lipinski definition) is 3. The molecule has 2 aromatic carbocycles. The van der Waals surface area contributed by atoms with Crippen molar-refractivity contribution in [3.05, 3.63) is 59.7 Å². The van der Waals surface area contributed by atoms with E-state index < -0.39 is 51.3 Å². The first kappa shape index (κ1) is 38.5. The third kappa shape index (κ3) is 14.1. The maximum Gasteiger partial charge on any atom is 0.425 e. The Bertz CT molecular complexity index is 1540. The lowest BCUT2D eigenvalue weighted by molar-refractivity contribution is 0.0378. The van der Waals surface area contributed by atoms with E-state index in [1.54, 1.807) is 62.3 Å². The summed E-state index contributed by atoms with van der Waals surface area (Å²) in [6.07, 6.45) is -2.78. The van der Waals surface area contributed by atoms with Crippen LogP contribution in [0.3, 0.4) is 0 Å². The molecule has 0 radical (unpaired) electrons. The van der Waals surface area contributed by atoms with Crippen molar-refractivity contribution in [1.29, 1.82) is 0 Å². The zero-order valence-electron chi connectivity index (χ0n) is 28.2. The minimum Gasteiger partial charge on any atom is -0.444 e. The van der Waals surface area contributed by atoms with Gasteiger partial charge in [-0.05, 0) is 104 Å². The summed E-state index contributed by atoms with van der Waals surface area (Å²) in [5.41, 5.74) is -1.69. The molecule has 3 amide bonds.